The summed E-state index contributed by atoms with van der Waals surface area (Å²) in [6, 6.07) is -0.0849. The van der Waals surface area contributed by atoms with E-state index in [2.05, 4.69) is 0 Å². The molecule has 2 unspecified atom stereocenters. The van der Waals surface area contributed by atoms with Crippen LogP contribution in [0.25, 0.3) is 0 Å². The van der Waals surface area contributed by atoms with E-state index in [1.165, 1.54) is 0 Å². The Hall–Kier alpha value is -1.30. The molecule has 0 aliphatic carbocycles. The normalized spacial score (nSPS) is 22.6. The molecule has 0 aromatic heterocycles. The topological polar surface area (TPSA) is 70.1 Å². The Morgan fingerprint density at radius 1 is 1.35 bits per heavy atom. The number of carboxylic acids is 1. The fourth-order valence-corrected chi connectivity index (χ4v) is 2.49. The molecule has 0 aromatic rings. The van der Waals surface area contributed by atoms with Crippen molar-refractivity contribution < 1.29 is 19.4 Å². The lowest BCUT2D eigenvalue weighted by molar-refractivity contribution is -0.137. The third kappa shape index (κ3) is 4.10. The number of aliphatic carboxylic acids is 1. The van der Waals surface area contributed by atoms with Gasteiger partial charge in [0.25, 0.3) is 0 Å². The second-order valence-electron chi connectivity index (χ2n) is 6.29. The molecule has 6 heteroatoms. The summed E-state index contributed by atoms with van der Waals surface area (Å²) >= 11 is 0. The molecule has 1 N–H and O–H groups in total. The van der Waals surface area contributed by atoms with Gasteiger partial charge < -0.3 is 19.6 Å². The van der Waals surface area contributed by atoms with Gasteiger partial charge in [-0.15, -0.1) is 0 Å². The molecule has 0 aromatic carbocycles. The van der Waals surface area contributed by atoms with Crippen molar-refractivity contribution in [3.63, 3.8) is 0 Å². The fraction of sp³-hybridized carbons (Fsp3) is 0.857. The standard InChI is InChI=1S/C14H26N2O4/c1-10-11(7-9-20-10)15(5)13(19)16(14(2,3)4)8-6-12(17)18/h10-11H,6-9H2,1-5H3,(H,17,18). The summed E-state index contributed by atoms with van der Waals surface area (Å²) in [5.74, 6) is -0.896. The van der Waals surface area contributed by atoms with E-state index < -0.39 is 11.5 Å². The summed E-state index contributed by atoms with van der Waals surface area (Å²) in [6.45, 7) is 8.57. The first-order valence-corrected chi connectivity index (χ1v) is 7.02. The van der Waals surface area contributed by atoms with E-state index in [1.807, 2.05) is 27.7 Å². The van der Waals surface area contributed by atoms with E-state index >= 15 is 0 Å². The molecular weight excluding hydrogens is 260 g/mol. The van der Waals surface area contributed by atoms with E-state index in [1.54, 1.807) is 16.8 Å². The summed E-state index contributed by atoms with van der Waals surface area (Å²) < 4.78 is 5.49. The third-order valence-electron chi connectivity index (χ3n) is 3.73. The predicted octanol–water partition coefficient (Wildman–Crippen LogP) is 1.79. The average Bonchev–Trinajstić information content (AvgIpc) is 2.72. The van der Waals surface area contributed by atoms with E-state index in [-0.39, 0.29) is 31.1 Å². The van der Waals surface area contributed by atoms with Crippen molar-refractivity contribution in [2.45, 2.75) is 58.2 Å². The molecular formula is C14H26N2O4. The molecule has 2 amide bonds. The zero-order valence-corrected chi connectivity index (χ0v) is 13.0. The van der Waals surface area contributed by atoms with Crippen LogP contribution >= 0.6 is 0 Å². The van der Waals surface area contributed by atoms with Gasteiger partial charge in [0.1, 0.15) is 0 Å². The van der Waals surface area contributed by atoms with Crippen molar-refractivity contribution >= 4 is 12.0 Å². The molecule has 1 saturated heterocycles. The number of likely N-dealkylation sites (N-methyl/N-ethyl adjacent to an activating group) is 1. The SMILES string of the molecule is CC1OCCC1N(C)C(=O)N(CCC(=O)O)C(C)(C)C. The Bertz CT molecular complexity index is 365. The molecule has 0 bridgehead atoms. The highest BCUT2D eigenvalue weighted by Crippen LogP contribution is 2.22. The van der Waals surface area contributed by atoms with Gasteiger partial charge in [-0.25, -0.2) is 4.79 Å². The summed E-state index contributed by atoms with van der Waals surface area (Å²) in [6.07, 6.45) is 0.790. The Morgan fingerprint density at radius 2 is 1.95 bits per heavy atom. The second kappa shape index (κ2) is 6.43. The molecule has 1 fully saturated rings. The van der Waals surface area contributed by atoms with E-state index in [0.717, 1.165) is 6.42 Å². The second-order valence-corrected chi connectivity index (χ2v) is 6.29. The van der Waals surface area contributed by atoms with Crippen LogP contribution in [0.1, 0.15) is 40.5 Å². The fourth-order valence-electron chi connectivity index (χ4n) is 2.49. The Balaban J connectivity index is 2.79. The number of ether oxygens (including phenoxy) is 1. The lowest BCUT2D eigenvalue weighted by Gasteiger charge is -2.40. The van der Waals surface area contributed by atoms with Crippen LogP contribution in [0.3, 0.4) is 0 Å². The Morgan fingerprint density at radius 3 is 2.35 bits per heavy atom. The molecule has 1 aliphatic heterocycles. The molecule has 1 rings (SSSR count). The first-order valence-electron chi connectivity index (χ1n) is 7.02. The van der Waals surface area contributed by atoms with Crippen LogP contribution in [0.5, 0.6) is 0 Å². The number of urea groups is 1. The first-order chi connectivity index (χ1) is 9.14. The van der Waals surface area contributed by atoms with E-state index in [9.17, 15) is 9.59 Å². The van der Waals surface area contributed by atoms with Crippen molar-refractivity contribution in [3.05, 3.63) is 0 Å². The van der Waals surface area contributed by atoms with E-state index in [4.69, 9.17) is 9.84 Å². The zero-order chi connectivity index (χ0) is 15.5. The molecule has 1 aliphatic rings. The molecule has 0 spiro atoms. The van der Waals surface area contributed by atoms with Crippen LogP contribution in [0.15, 0.2) is 0 Å². The number of rotatable bonds is 4. The molecule has 0 saturated carbocycles. The summed E-state index contributed by atoms with van der Waals surface area (Å²) in [5.41, 5.74) is -0.413. The Kier molecular flexibility index (Phi) is 5.39. The summed E-state index contributed by atoms with van der Waals surface area (Å²) in [7, 11) is 1.76. The van der Waals surface area contributed by atoms with Crippen LogP contribution in [0.2, 0.25) is 0 Å². The van der Waals surface area contributed by atoms with Crippen molar-refractivity contribution in [3.8, 4) is 0 Å². The highest BCUT2D eigenvalue weighted by atomic mass is 16.5. The monoisotopic (exact) mass is 286 g/mol. The van der Waals surface area contributed by atoms with Crippen molar-refractivity contribution in [2.24, 2.45) is 0 Å². The van der Waals surface area contributed by atoms with Crippen LogP contribution in [0.4, 0.5) is 4.79 Å². The number of carbonyl (C=O) groups excluding carboxylic acids is 1. The van der Waals surface area contributed by atoms with Crippen LogP contribution < -0.4 is 0 Å². The maximum Gasteiger partial charge on any atom is 0.320 e. The highest BCUT2D eigenvalue weighted by Gasteiger charge is 2.35. The maximum atomic E-state index is 12.6. The van der Waals surface area contributed by atoms with Gasteiger partial charge in [0.2, 0.25) is 0 Å². The summed E-state index contributed by atoms with van der Waals surface area (Å²) in [5, 5.41) is 8.83. The average molecular weight is 286 g/mol. The number of carbonyl (C=O) groups is 2. The van der Waals surface area contributed by atoms with Crippen LogP contribution in [0, 0.1) is 0 Å². The largest absolute Gasteiger partial charge is 0.481 e. The smallest absolute Gasteiger partial charge is 0.320 e. The minimum Gasteiger partial charge on any atom is -0.481 e. The van der Waals surface area contributed by atoms with Gasteiger partial charge in [-0.1, -0.05) is 0 Å². The van der Waals surface area contributed by atoms with Gasteiger partial charge >= 0.3 is 12.0 Å². The zero-order valence-electron chi connectivity index (χ0n) is 13.0. The van der Waals surface area contributed by atoms with E-state index in [0.29, 0.717) is 6.61 Å². The highest BCUT2D eigenvalue weighted by molar-refractivity contribution is 5.76. The van der Waals surface area contributed by atoms with Crippen molar-refractivity contribution in [1.29, 1.82) is 0 Å². The summed E-state index contributed by atoms with van der Waals surface area (Å²) in [4.78, 5) is 26.7. The number of nitrogens with zero attached hydrogens (tertiary/aromatic N) is 2. The van der Waals surface area contributed by atoms with Gasteiger partial charge in [-0.3, -0.25) is 4.79 Å². The lowest BCUT2D eigenvalue weighted by Crippen LogP contribution is -2.54. The number of hydrogen-bond acceptors (Lipinski definition) is 3. The molecule has 0 radical (unpaired) electrons. The van der Waals surface area contributed by atoms with Gasteiger partial charge in [-0.05, 0) is 34.1 Å². The molecule has 116 valence electrons. The quantitative estimate of drug-likeness (QED) is 0.855. The molecule has 2 atom stereocenters. The van der Waals surface area contributed by atoms with Crippen LogP contribution in [-0.2, 0) is 9.53 Å². The first kappa shape index (κ1) is 16.8. The lowest BCUT2D eigenvalue weighted by atomic mass is 10.1. The molecule has 6 nitrogen and oxygen atoms in total. The minimum atomic E-state index is -0.896. The number of amides is 2. The molecule has 20 heavy (non-hydrogen) atoms. The number of carboxylic acid groups (broad SMARTS) is 1. The Labute approximate surface area is 120 Å². The van der Waals surface area contributed by atoms with Crippen molar-refractivity contribution in [2.75, 3.05) is 20.2 Å². The minimum absolute atomic E-state index is 0.0187. The van der Waals surface area contributed by atoms with Gasteiger partial charge in [-0.2, -0.15) is 0 Å². The van der Waals surface area contributed by atoms with Gasteiger partial charge in [0.15, 0.2) is 0 Å². The third-order valence-corrected chi connectivity index (χ3v) is 3.73. The predicted molar refractivity (Wildman–Crippen MR) is 75.7 cm³/mol. The van der Waals surface area contributed by atoms with Gasteiger partial charge in [0, 0.05) is 25.7 Å². The van der Waals surface area contributed by atoms with Gasteiger partial charge in [0.05, 0.1) is 18.6 Å². The van der Waals surface area contributed by atoms with Crippen LogP contribution in [-0.4, -0.2) is 64.8 Å². The molecule has 1 heterocycles. The number of hydrogen-bond donors (Lipinski definition) is 1. The van der Waals surface area contributed by atoms with Crippen molar-refractivity contribution in [1.82, 2.24) is 9.80 Å². The maximum absolute atomic E-state index is 12.6.